The Morgan fingerprint density at radius 2 is 1.69 bits per heavy atom. The number of fused-ring (bicyclic) bond motifs is 1. The van der Waals surface area contributed by atoms with Gasteiger partial charge in [-0.15, -0.1) is 0 Å². The quantitative estimate of drug-likeness (QED) is 0.152. The topological polar surface area (TPSA) is 124 Å². The van der Waals surface area contributed by atoms with E-state index in [1.54, 1.807) is 38.4 Å². The molecule has 0 radical (unpaired) electrons. The monoisotopic (exact) mass is 588 g/mol. The Balaban J connectivity index is 1.31. The summed E-state index contributed by atoms with van der Waals surface area (Å²) in [5, 5.41) is 13.7. The van der Waals surface area contributed by atoms with E-state index in [-0.39, 0.29) is 19.1 Å². The number of hydrogen-bond donors (Lipinski definition) is 3. The van der Waals surface area contributed by atoms with E-state index >= 15 is 0 Å². The molecular formula is C31H32N4O6S. The van der Waals surface area contributed by atoms with Gasteiger partial charge in [-0.1, -0.05) is 35.9 Å². The first-order valence-corrected chi connectivity index (χ1v) is 14.1. The fraction of sp³-hybridized carbons (Fsp3) is 0.258. The molecule has 0 saturated carbocycles. The van der Waals surface area contributed by atoms with Crippen molar-refractivity contribution in [2.75, 3.05) is 59.1 Å². The number of nitrogens with zero attached hydrogens (tertiary/aromatic N) is 1. The number of rotatable bonds is 13. The molecule has 4 rings (SSSR count). The summed E-state index contributed by atoms with van der Waals surface area (Å²) >= 11 is 1.50. The molecule has 0 fully saturated rings. The first kappa shape index (κ1) is 30.6. The summed E-state index contributed by atoms with van der Waals surface area (Å²) < 4.78 is 20.7. The van der Waals surface area contributed by atoms with Crippen LogP contribution in [0.25, 0.3) is 10.9 Å². The Hall–Kier alpha value is -4.34. The normalized spacial score (nSPS) is 10.6. The molecule has 4 aromatic rings. The smallest absolute Gasteiger partial charge is 0.411 e. The lowest BCUT2D eigenvalue weighted by Gasteiger charge is -2.08. The molecule has 0 unspecified atom stereocenters. The molecule has 3 N–H and O–H groups in total. The third-order valence-corrected chi connectivity index (χ3v) is 6.88. The van der Waals surface area contributed by atoms with Gasteiger partial charge in [0.15, 0.2) is 0 Å². The second kappa shape index (κ2) is 16.2. The zero-order valence-electron chi connectivity index (χ0n) is 23.4. The van der Waals surface area contributed by atoms with E-state index in [0.717, 1.165) is 20.7 Å². The molecule has 0 bridgehead atoms. The van der Waals surface area contributed by atoms with Crippen LogP contribution in [0.5, 0.6) is 0 Å². The van der Waals surface area contributed by atoms with Crippen molar-refractivity contribution in [2.24, 2.45) is 0 Å². The molecule has 218 valence electrons. The minimum Gasteiger partial charge on any atom is -0.447 e. The van der Waals surface area contributed by atoms with Crippen LogP contribution in [0.2, 0.25) is 0 Å². The number of aromatic amines is 1. The summed E-state index contributed by atoms with van der Waals surface area (Å²) in [7, 11) is 3.23. The fourth-order valence-electron chi connectivity index (χ4n) is 3.78. The maximum absolute atomic E-state index is 12.2. The van der Waals surface area contributed by atoms with Crippen LogP contribution in [-0.4, -0.2) is 76.0 Å². The molecular weight excluding hydrogens is 556 g/mol. The highest BCUT2D eigenvalue weighted by Gasteiger charge is 2.12. The van der Waals surface area contributed by atoms with Crippen molar-refractivity contribution in [2.45, 2.75) is 9.79 Å². The van der Waals surface area contributed by atoms with Gasteiger partial charge in [0.05, 0.1) is 44.1 Å². The second-order valence-corrected chi connectivity index (χ2v) is 9.88. The van der Waals surface area contributed by atoms with Crippen LogP contribution in [0.1, 0.15) is 21.6 Å². The van der Waals surface area contributed by atoms with Gasteiger partial charge in [0.25, 0.3) is 5.91 Å². The maximum atomic E-state index is 12.2. The van der Waals surface area contributed by atoms with Gasteiger partial charge in [-0.25, -0.2) is 4.79 Å². The number of H-pyrrole nitrogens is 1. The first-order chi connectivity index (χ1) is 20.6. The van der Waals surface area contributed by atoms with Crippen LogP contribution < -0.4 is 10.6 Å². The highest BCUT2D eigenvalue weighted by atomic mass is 32.2. The SMILES string of the molecule is CNC(=O)c1ccccc1Sc1ccc2c(C#Cc3cccc(NC(=O)OCCOCCOCCOC)c3)[nH]nc2c1. The largest absolute Gasteiger partial charge is 0.447 e. The number of aromatic nitrogens is 2. The Morgan fingerprint density at radius 1 is 0.905 bits per heavy atom. The molecule has 0 aliphatic rings. The van der Waals surface area contributed by atoms with Gasteiger partial charge in [-0.2, -0.15) is 5.10 Å². The molecule has 0 spiro atoms. The lowest BCUT2D eigenvalue weighted by Crippen LogP contribution is -2.18. The third-order valence-electron chi connectivity index (χ3n) is 5.82. The number of anilines is 1. The number of hydrogen-bond acceptors (Lipinski definition) is 8. The molecule has 0 saturated heterocycles. The van der Waals surface area contributed by atoms with Gasteiger partial charge in [-0.3, -0.25) is 15.2 Å². The van der Waals surface area contributed by atoms with Gasteiger partial charge in [0, 0.05) is 40.6 Å². The summed E-state index contributed by atoms with van der Waals surface area (Å²) in [6.07, 6.45) is -0.578. The Labute approximate surface area is 248 Å². The molecule has 3 aromatic carbocycles. The summed E-state index contributed by atoms with van der Waals surface area (Å²) in [5.74, 6) is 6.11. The van der Waals surface area contributed by atoms with E-state index in [1.165, 1.54) is 11.8 Å². The Morgan fingerprint density at radius 3 is 2.50 bits per heavy atom. The highest BCUT2D eigenvalue weighted by Crippen LogP contribution is 2.32. The van der Waals surface area contributed by atoms with Crippen LogP contribution in [0.15, 0.2) is 76.5 Å². The predicted molar refractivity (Wildman–Crippen MR) is 161 cm³/mol. The fourth-order valence-corrected chi connectivity index (χ4v) is 4.75. The minimum atomic E-state index is -0.578. The van der Waals surface area contributed by atoms with Crippen molar-refractivity contribution in [1.82, 2.24) is 15.5 Å². The van der Waals surface area contributed by atoms with E-state index in [2.05, 4.69) is 32.7 Å². The Bertz CT molecular complexity index is 1560. The number of carbonyl (C=O) groups excluding carboxylic acids is 2. The summed E-state index contributed by atoms with van der Waals surface area (Å²) in [6, 6.07) is 20.5. The average molecular weight is 589 g/mol. The second-order valence-electron chi connectivity index (χ2n) is 8.76. The summed E-state index contributed by atoms with van der Waals surface area (Å²) in [4.78, 5) is 26.2. The van der Waals surface area contributed by atoms with Crippen LogP contribution in [0.4, 0.5) is 10.5 Å². The molecule has 11 heteroatoms. The summed E-state index contributed by atoms with van der Waals surface area (Å²) in [6.45, 7) is 2.31. The number of benzene rings is 3. The van der Waals surface area contributed by atoms with Crippen LogP contribution in [-0.2, 0) is 18.9 Å². The van der Waals surface area contributed by atoms with Gasteiger partial charge >= 0.3 is 6.09 Å². The van der Waals surface area contributed by atoms with Crippen LogP contribution in [0, 0.1) is 11.8 Å². The van der Waals surface area contributed by atoms with Gasteiger partial charge in [-0.05, 0) is 54.5 Å². The van der Waals surface area contributed by atoms with Crippen molar-refractivity contribution in [3.8, 4) is 11.8 Å². The number of carbonyl (C=O) groups is 2. The van der Waals surface area contributed by atoms with E-state index in [0.29, 0.717) is 48.9 Å². The van der Waals surface area contributed by atoms with Gasteiger partial charge in [0.1, 0.15) is 12.3 Å². The first-order valence-electron chi connectivity index (χ1n) is 13.2. The maximum Gasteiger partial charge on any atom is 0.411 e. The van der Waals surface area contributed by atoms with Gasteiger partial charge < -0.3 is 24.3 Å². The minimum absolute atomic E-state index is 0.122. The molecule has 0 aliphatic heterocycles. The van der Waals surface area contributed by atoms with Crippen LogP contribution in [0.3, 0.4) is 0 Å². The standard InChI is InChI=1S/C31H32N4O6S/c1-32-30(36)26-8-3-4-9-29(26)42-24-11-12-25-27(34-35-28(25)21-24)13-10-22-6-5-7-23(20-22)33-31(37)41-19-18-40-17-16-39-15-14-38-2/h3-9,11-12,20-21H,14-19H2,1-2H3,(H,32,36)(H,33,37)(H,34,35). The lowest BCUT2D eigenvalue weighted by molar-refractivity contribution is 0.0141. The number of ether oxygens (including phenoxy) is 4. The average Bonchev–Trinajstić information content (AvgIpc) is 3.41. The Kier molecular flexibility index (Phi) is 11.8. The zero-order valence-corrected chi connectivity index (χ0v) is 24.2. The van der Waals surface area contributed by atoms with Crippen LogP contribution >= 0.6 is 11.8 Å². The lowest BCUT2D eigenvalue weighted by atomic mass is 10.1. The molecule has 10 nitrogen and oxygen atoms in total. The van der Waals surface area contributed by atoms with Crippen molar-refractivity contribution >= 4 is 40.4 Å². The number of methoxy groups -OCH3 is 1. The molecule has 1 aromatic heterocycles. The predicted octanol–water partition coefficient (Wildman–Crippen LogP) is 4.70. The molecule has 0 atom stereocenters. The van der Waals surface area contributed by atoms with Crippen molar-refractivity contribution < 1.29 is 28.5 Å². The zero-order chi connectivity index (χ0) is 29.6. The molecule has 1 heterocycles. The third kappa shape index (κ3) is 9.09. The van der Waals surface area contributed by atoms with E-state index in [4.69, 9.17) is 18.9 Å². The molecule has 42 heavy (non-hydrogen) atoms. The number of nitrogens with one attached hydrogen (secondary N) is 3. The van der Waals surface area contributed by atoms with E-state index < -0.39 is 6.09 Å². The van der Waals surface area contributed by atoms with Crippen molar-refractivity contribution in [3.63, 3.8) is 0 Å². The van der Waals surface area contributed by atoms with Gasteiger partial charge in [0.2, 0.25) is 0 Å². The highest BCUT2D eigenvalue weighted by molar-refractivity contribution is 7.99. The molecule has 2 amide bonds. The number of amides is 2. The van der Waals surface area contributed by atoms with Crippen molar-refractivity contribution in [1.29, 1.82) is 0 Å². The van der Waals surface area contributed by atoms with E-state index in [9.17, 15) is 9.59 Å². The summed E-state index contributed by atoms with van der Waals surface area (Å²) in [5.41, 5.74) is 3.34. The van der Waals surface area contributed by atoms with E-state index in [1.807, 2.05) is 42.5 Å². The molecule has 0 aliphatic carbocycles. The van der Waals surface area contributed by atoms with Crippen molar-refractivity contribution in [3.05, 3.63) is 83.6 Å².